The predicted molar refractivity (Wildman–Crippen MR) is 85.1 cm³/mol. The Balaban J connectivity index is 3.22. The fourth-order valence-corrected chi connectivity index (χ4v) is 1.98. The lowest BCUT2D eigenvalue weighted by Gasteiger charge is -2.12. The Morgan fingerprint density at radius 2 is 1.41 bits per heavy atom. The van der Waals surface area contributed by atoms with Gasteiger partial charge in [-0.3, -0.25) is 4.79 Å². The van der Waals surface area contributed by atoms with E-state index >= 15 is 0 Å². The maximum absolute atomic E-state index is 11.4. The number of alkyl halides is 3. The second kappa shape index (κ2) is 10.8. The summed E-state index contributed by atoms with van der Waals surface area (Å²) in [5.41, 5.74) is 0. The Bertz CT molecular complexity index is 204. The molecule has 0 spiro atoms. The van der Waals surface area contributed by atoms with Crippen molar-refractivity contribution >= 4 is 53.7 Å². The lowest BCUT2D eigenvalue weighted by Crippen LogP contribution is -2.34. The minimum atomic E-state index is -0.812. The standard InChI is InChI=1S/C12H22Br3NO/c1-2-3-4-5-6-7-8-9-10-16-11(17)12(13,14)15/h2-10H2,1H3,(H,16,17). The molecular weight excluding hydrogens is 414 g/mol. The highest BCUT2D eigenvalue weighted by atomic mass is 80.0. The van der Waals surface area contributed by atoms with Crippen molar-refractivity contribution < 1.29 is 4.79 Å². The van der Waals surface area contributed by atoms with E-state index in [1.165, 1.54) is 44.9 Å². The molecule has 0 bridgehead atoms. The average molecular weight is 436 g/mol. The maximum atomic E-state index is 11.4. The van der Waals surface area contributed by atoms with E-state index in [0.717, 1.165) is 13.0 Å². The van der Waals surface area contributed by atoms with Gasteiger partial charge in [0.25, 0.3) is 5.91 Å². The molecule has 0 aliphatic rings. The van der Waals surface area contributed by atoms with Crippen molar-refractivity contribution in [1.82, 2.24) is 5.32 Å². The largest absolute Gasteiger partial charge is 0.353 e. The molecule has 102 valence electrons. The summed E-state index contributed by atoms with van der Waals surface area (Å²) in [6.07, 6.45) is 10.3. The van der Waals surface area contributed by atoms with Crippen molar-refractivity contribution in [2.45, 2.75) is 60.4 Å². The summed E-state index contributed by atoms with van der Waals surface area (Å²) in [5, 5.41) is 2.85. The second-order valence-corrected chi connectivity index (χ2v) is 11.0. The Hall–Kier alpha value is 0.910. The van der Waals surface area contributed by atoms with Gasteiger partial charge in [-0.2, -0.15) is 0 Å². The zero-order valence-corrected chi connectivity index (χ0v) is 15.2. The van der Waals surface area contributed by atoms with E-state index in [9.17, 15) is 4.79 Å². The average Bonchev–Trinajstić information content (AvgIpc) is 2.25. The van der Waals surface area contributed by atoms with Gasteiger partial charge in [-0.05, 0) is 54.2 Å². The van der Waals surface area contributed by atoms with Crippen LogP contribution in [-0.2, 0) is 4.79 Å². The third-order valence-electron chi connectivity index (χ3n) is 2.57. The van der Waals surface area contributed by atoms with Gasteiger partial charge in [-0.1, -0.05) is 51.9 Å². The van der Waals surface area contributed by atoms with Crippen molar-refractivity contribution in [3.63, 3.8) is 0 Å². The van der Waals surface area contributed by atoms with Crippen LogP contribution in [-0.4, -0.2) is 14.6 Å². The third-order valence-corrected chi connectivity index (χ3v) is 3.65. The van der Waals surface area contributed by atoms with E-state index < -0.39 is 2.14 Å². The second-order valence-electron chi connectivity index (χ2n) is 4.23. The van der Waals surface area contributed by atoms with Crippen LogP contribution in [0.2, 0.25) is 0 Å². The minimum absolute atomic E-state index is 0.0829. The van der Waals surface area contributed by atoms with Crippen molar-refractivity contribution in [1.29, 1.82) is 0 Å². The molecule has 0 aromatic carbocycles. The van der Waals surface area contributed by atoms with Gasteiger partial charge in [-0.15, -0.1) is 0 Å². The molecule has 0 radical (unpaired) electrons. The van der Waals surface area contributed by atoms with Gasteiger partial charge < -0.3 is 5.32 Å². The molecule has 0 aliphatic heterocycles. The maximum Gasteiger partial charge on any atom is 0.258 e. The van der Waals surface area contributed by atoms with Crippen LogP contribution in [0.25, 0.3) is 0 Å². The van der Waals surface area contributed by atoms with Gasteiger partial charge in [0.2, 0.25) is 2.14 Å². The van der Waals surface area contributed by atoms with E-state index in [1.807, 2.05) is 0 Å². The summed E-state index contributed by atoms with van der Waals surface area (Å²) in [7, 11) is 0. The summed E-state index contributed by atoms with van der Waals surface area (Å²) < 4.78 is -0.812. The molecule has 0 aliphatic carbocycles. The summed E-state index contributed by atoms with van der Waals surface area (Å²) in [6, 6.07) is 0. The first-order valence-corrected chi connectivity index (χ1v) is 8.71. The highest BCUT2D eigenvalue weighted by Gasteiger charge is 2.27. The first-order valence-electron chi connectivity index (χ1n) is 6.33. The smallest absolute Gasteiger partial charge is 0.258 e. The lowest BCUT2D eigenvalue weighted by atomic mass is 10.1. The first-order chi connectivity index (χ1) is 7.98. The Morgan fingerprint density at radius 1 is 0.941 bits per heavy atom. The Kier molecular flexibility index (Phi) is 11.4. The lowest BCUT2D eigenvalue weighted by molar-refractivity contribution is -0.119. The van der Waals surface area contributed by atoms with Crippen LogP contribution in [0, 0.1) is 0 Å². The number of hydrogen-bond donors (Lipinski definition) is 1. The number of nitrogens with one attached hydrogen (secondary N) is 1. The summed E-state index contributed by atoms with van der Waals surface area (Å²) >= 11 is 9.55. The van der Waals surface area contributed by atoms with Crippen LogP contribution in [0.3, 0.4) is 0 Å². The number of hydrogen-bond acceptors (Lipinski definition) is 1. The van der Waals surface area contributed by atoms with E-state index in [0.29, 0.717) is 0 Å². The summed E-state index contributed by atoms with van der Waals surface area (Å²) in [5.74, 6) is -0.0829. The predicted octanol–water partition coefficient (Wildman–Crippen LogP) is 5.08. The molecule has 0 saturated carbocycles. The molecule has 0 heterocycles. The zero-order chi connectivity index (χ0) is 13.1. The molecule has 5 heteroatoms. The van der Waals surface area contributed by atoms with Gasteiger partial charge in [0, 0.05) is 6.54 Å². The van der Waals surface area contributed by atoms with E-state index in [2.05, 4.69) is 60.0 Å². The molecule has 0 atom stereocenters. The Morgan fingerprint density at radius 3 is 1.88 bits per heavy atom. The van der Waals surface area contributed by atoms with Crippen LogP contribution in [0.15, 0.2) is 0 Å². The van der Waals surface area contributed by atoms with Crippen LogP contribution < -0.4 is 5.32 Å². The van der Waals surface area contributed by atoms with E-state index in [-0.39, 0.29) is 5.91 Å². The summed E-state index contributed by atoms with van der Waals surface area (Å²) in [4.78, 5) is 11.4. The van der Waals surface area contributed by atoms with E-state index in [1.54, 1.807) is 0 Å². The molecule has 1 amide bonds. The molecule has 0 aromatic rings. The van der Waals surface area contributed by atoms with E-state index in [4.69, 9.17) is 0 Å². The molecule has 1 N–H and O–H groups in total. The van der Waals surface area contributed by atoms with Crippen LogP contribution >= 0.6 is 47.8 Å². The van der Waals surface area contributed by atoms with Crippen LogP contribution in [0.1, 0.15) is 58.3 Å². The molecular formula is C12H22Br3NO. The van der Waals surface area contributed by atoms with Crippen molar-refractivity contribution in [2.75, 3.05) is 6.54 Å². The number of amides is 1. The van der Waals surface area contributed by atoms with Gasteiger partial charge in [-0.25, -0.2) is 0 Å². The molecule has 0 aromatic heterocycles. The topological polar surface area (TPSA) is 29.1 Å². The third kappa shape index (κ3) is 11.7. The highest BCUT2D eigenvalue weighted by Crippen LogP contribution is 2.33. The minimum Gasteiger partial charge on any atom is -0.353 e. The highest BCUT2D eigenvalue weighted by molar-refractivity contribution is 9.40. The van der Waals surface area contributed by atoms with Crippen molar-refractivity contribution in [3.8, 4) is 0 Å². The molecule has 0 unspecified atom stereocenters. The molecule has 0 saturated heterocycles. The number of carbonyl (C=O) groups is 1. The van der Waals surface area contributed by atoms with Crippen LogP contribution in [0.4, 0.5) is 0 Å². The molecule has 2 nitrogen and oxygen atoms in total. The van der Waals surface area contributed by atoms with Gasteiger partial charge in [0.05, 0.1) is 0 Å². The van der Waals surface area contributed by atoms with Gasteiger partial charge >= 0.3 is 0 Å². The number of unbranched alkanes of at least 4 members (excludes halogenated alkanes) is 7. The fraction of sp³-hybridized carbons (Fsp3) is 0.917. The van der Waals surface area contributed by atoms with Gasteiger partial charge in [0.1, 0.15) is 0 Å². The van der Waals surface area contributed by atoms with Crippen LogP contribution in [0.5, 0.6) is 0 Å². The number of carbonyl (C=O) groups excluding carboxylic acids is 1. The normalized spacial score (nSPS) is 11.5. The van der Waals surface area contributed by atoms with Gasteiger partial charge in [0.15, 0.2) is 0 Å². The Labute approximate surface area is 130 Å². The molecule has 0 rings (SSSR count). The number of rotatable bonds is 9. The quantitative estimate of drug-likeness (QED) is 0.397. The fourth-order valence-electron chi connectivity index (χ4n) is 1.56. The summed E-state index contributed by atoms with van der Waals surface area (Å²) in [6.45, 7) is 2.98. The molecule has 0 fully saturated rings. The molecule has 17 heavy (non-hydrogen) atoms. The monoisotopic (exact) mass is 433 g/mol. The SMILES string of the molecule is CCCCCCCCCCNC(=O)C(Br)(Br)Br. The van der Waals surface area contributed by atoms with Crippen molar-refractivity contribution in [2.24, 2.45) is 0 Å². The first kappa shape index (κ1) is 17.9. The van der Waals surface area contributed by atoms with Crippen molar-refractivity contribution in [3.05, 3.63) is 0 Å². The zero-order valence-electron chi connectivity index (χ0n) is 10.4. The number of halogens is 3.